The number of rotatable bonds is 4. The van der Waals surface area contributed by atoms with E-state index in [-0.39, 0.29) is 0 Å². The molecule has 0 saturated carbocycles. The van der Waals surface area contributed by atoms with E-state index in [2.05, 4.69) is 267 Å². The smallest absolute Gasteiger partial charge is 0.146 e. The number of aromatic nitrogens is 5. The van der Waals surface area contributed by atoms with Crippen molar-refractivity contribution in [3.05, 3.63) is 249 Å². The molecule has 12 aromatic carbocycles. The molecule has 0 N–H and O–H groups in total. The van der Waals surface area contributed by atoms with Crippen molar-refractivity contribution in [2.75, 3.05) is 0 Å². The lowest BCUT2D eigenvalue weighted by Crippen LogP contribution is -1.93. The van der Waals surface area contributed by atoms with Gasteiger partial charge >= 0.3 is 0 Å². The van der Waals surface area contributed by atoms with E-state index in [1.165, 1.54) is 142 Å². The maximum Gasteiger partial charge on any atom is 0.146 e. The second-order valence-corrected chi connectivity index (χ2v) is 21.4. The summed E-state index contributed by atoms with van der Waals surface area (Å²) in [7, 11) is 0. The lowest BCUT2D eigenvalue weighted by atomic mass is 9.93. The van der Waals surface area contributed by atoms with Crippen molar-refractivity contribution in [1.82, 2.24) is 22.9 Å². The van der Waals surface area contributed by atoms with Gasteiger partial charge in [0.15, 0.2) is 0 Å². The minimum atomic E-state index is 0.977. The standard InChI is InChI=1S/C73H41N5/c1-3-19-46(20-4-1)75-61-31-13-11-25-51(61)56-37-44(33-35-63(56)75)50-27-15-30-55-67-49-24-10-8-18-43(49)39-60-68-65(77(69(50)55)72(60)67)41-59-54-29-16-28-53-58-38-42-17-7-9-23-48(42)66(71(58)78(70(53)54)73(59)74-68)45-34-36-64-57(40-45)52-26-12-14-32-62(52)76(64)47-21-5-2-6-22-47/h1-41H. The molecule has 19 rings (SSSR count). The molecule has 7 aromatic heterocycles. The Labute approximate surface area is 444 Å². The maximum atomic E-state index is 6.01. The van der Waals surface area contributed by atoms with Crippen molar-refractivity contribution >= 4 is 142 Å². The molecule has 7 heterocycles. The van der Waals surface area contributed by atoms with Gasteiger partial charge in [-0.15, -0.1) is 0 Å². The largest absolute Gasteiger partial charge is 0.309 e. The molecule has 0 aliphatic carbocycles. The number of para-hydroxylation sites is 6. The third kappa shape index (κ3) is 5.09. The van der Waals surface area contributed by atoms with Crippen LogP contribution in [-0.2, 0) is 0 Å². The highest BCUT2D eigenvalue weighted by molar-refractivity contribution is 6.34. The molecule has 0 saturated heterocycles. The molecule has 78 heavy (non-hydrogen) atoms. The highest BCUT2D eigenvalue weighted by Crippen LogP contribution is 2.50. The summed E-state index contributed by atoms with van der Waals surface area (Å²) in [4.78, 5) is 6.01. The molecule has 5 heteroatoms. The summed E-state index contributed by atoms with van der Waals surface area (Å²) in [5.41, 5.74) is 19.8. The van der Waals surface area contributed by atoms with Crippen molar-refractivity contribution in [2.24, 2.45) is 0 Å². The normalized spacial score (nSPS) is 12.6. The molecule has 0 unspecified atom stereocenters. The van der Waals surface area contributed by atoms with Crippen LogP contribution in [0.1, 0.15) is 0 Å². The van der Waals surface area contributed by atoms with Crippen LogP contribution in [0.2, 0.25) is 0 Å². The van der Waals surface area contributed by atoms with Crippen molar-refractivity contribution in [3.8, 4) is 33.6 Å². The van der Waals surface area contributed by atoms with Crippen LogP contribution in [0.15, 0.2) is 249 Å². The van der Waals surface area contributed by atoms with Crippen LogP contribution < -0.4 is 0 Å². The molecule has 0 atom stereocenters. The number of pyridine rings is 1. The van der Waals surface area contributed by atoms with Gasteiger partial charge in [0, 0.05) is 81.8 Å². The highest BCUT2D eigenvalue weighted by atomic mass is 15.0. The van der Waals surface area contributed by atoms with Gasteiger partial charge in [0.1, 0.15) is 5.65 Å². The van der Waals surface area contributed by atoms with Gasteiger partial charge in [0.25, 0.3) is 0 Å². The molecule has 0 fully saturated rings. The fourth-order valence-corrected chi connectivity index (χ4v) is 14.4. The zero-order chi connectivity index (χ0) is 50.5. The molecule has 0 radical (unpaired) electrons. The molecular formula is C73H41N5. The van der Waals surface area contributed by atoms with Crippen molar-refractivity contribution in [3.63, 3.8) is 0 Å². The average Bonchev–Trinajstić information content (AvgIpc) is 3.78. The van der Waals surface area contributed by atoms with Crippen LogP contribution in [0, 0.1) is 0 Å². The van der Waals surface area contributed by atoms with Crippen LogP contribution in [0.3, 0.4) is 0 Å². The molecule has 19 aromatic rings. The molecule has 0 aliphatic rings. The quantitative estimate of drug-likeness (QED) is 0.173. The van der Waals surface area contributed by atoms with Crippen LogP contribution in [0.25, 0.3) is 175 Å². The summed E-state index contributed by atoms with van der Waals surface area (Å²) in [6.45, 7) is 0. The number of fused-ring (bicyclic) bond motifs is 21. The Kier molecular flexibility index (Phi) is 7.68. The van der Waals surface area contributed by atoms with Gasteiger partial charge in [0.05, 0.1) is 55.2 Å². The van der Waals surface area contributed by atoms with Crippen molar-refractivity contribution in [2.45, 2.75) is 0 Å². The number of benzene rings is 12. The second kappa shape index (κ2) is 14.7. The van der Waals surface area contributed by atoms with Gasteiger partial charge in [-0.25, -0.2) is 4.98 Å². The summed E-state index contributed by atoms with van der Waals surface area (Å²) in [6, 6.07) is 92.3. The van der Waals surface area contributed by atoms with Gasteiger partial charge in [0.2, 0.25) is 0 Å². The summed E-state index contributed by atoms with van der Waals surface area (Å²) in [5, 5.41) is 18.4. The van der Waals surface area contributed by atoms with E-state index in [1.54, 1.807) is 0 Å². The second-order valence-electron chi connectivity index (χ2n) is 21.4. The maximum absolute atomic E-state index is 6.01. The summed E-state index contributed by atoms with van der Waals surface area (Å²) >= 11 is 0. The van der Waals surface area contributed by atoms with Crippen LogP contribution in [0.5, 0.6) is 0 Å². The van der Waals surface area contributed by atoms with E-state index < -0.39 is 0 Å². The Morgan fingerprint density at radius 1 is 0.269 bits per heavy atom. The average molecular weight is 988 g/mol. The zero-order valence-electron chi connectivity index (χ0n) is 41.9. The Morgan fingerprint density at radius 3 is 1.50 bits per heavy atom. The molecule has 0 spiro atoms. The minimum Gasteiger partial charge on any atom is -0.309 e. The van der Waals surface area contributed by atoms with E-state index in [0.717, 1.165) is 33.4 Å². The lowest BCUT2D eigenvalue weighted by molar-refractivity contribution is 1.18. The fourth-order valence-electron chi connectivity index (χ4n) is 14.4. The molecule has 358 valence electrons. The van der Waals surface area contributed by atoms with E-state index in [4.69, 9.17) is 4.98 Å². The minimum absolute atomic E-state index is 0.977. The topological polar surface area (TPSA) is 31.6 Å². The SMILES string of the molecule is c1ccc(-n2c3ccccc3c3cc(-c4cccc5c6c7ccccc7cc7c8nc9c(cc8n(c45)c76)c4cccc5c6cc7ccccc7c(-c7ccc8c(c7)c7ccccc7n8-c7ccccc7)c6n9c45)ccc32)cc1. The molecule has 0 bridgehead atoms. The summed E-state index contributed by atoms with van der Waals surface area (Å²) in [5.74, 6) is 0. The van der Waals surface area contributed by atoms with Crippen LogP contribution in [-0.4, -0.2) is 22.9 Å². The Balaban J connectivity index is 0.926. The third-order valence-electron chi connectivity index (χ3n) is 17.5. The lowest BCUT2D eigenvalue weighted by Gasteiger charge is -2.12. The van der Waals surface area contributed by atoms with E-state index in [9.17, 15) is 0 Å². The van der Waals surface area contributed by atoms with Gasteiger partial charge in [-0.2, -0.15) is 0 Å². The summed E-state index contributed by atoms with van der Waals surface area (Å²) in [6.07, 6.45) is 0. The first kappa shape index (κ1) is 40.8. The van der Waals surface area contributed by atoms with E-state index in [0.29, 0.717) is 0 Å². The van der Waals surface area contributed by atoms with Gasteiger partial charge in [-0.1, -0.05) is 170 Å². The molecular weight excluding hydrogens is 947 g/mol. The predicted octanol–water partition coefficient (Wildman–Crippen LogP) is 19.2. The monoisotopic (exact) mass is 987 g/mol. The molecule has 0 amide bonds. The van der Waals surface area contributed by atoms with Crippen LogP contribution >= 0.6 is 0 Å². The Morgan fingerprint density at radius 2 is 0.795 bits per heavy atom. The molecule has 0 aliphatic heterocycles. The summed E-state index contributed by atoms with van der Waals surface area (Å²) < 4.78 is 9.89. The van der Waals surface area contributed by atoms with Gasteiger partial charge in [-0.3, -0.25) is 4.40 Å². The van der Waals surface area contributed by atoms with Crippen molar-refractivity contribution < 1.29 is 0 Å². The Hall–Kier alpha value is -10.5. The van der Waals surface area contributed by atoms with E-state index in [1.807, 2.05) is 0 Å². The number of nitrogens with zero attached hydrogens (tertiary/aromatic N) is 5. The van der Waals surface area contributed by atoms with Crippen LogP contribution in [0.4, 0.5) is 0 Å². The predicted molar refractivity (Wildman–Crippen MR) is 328 cm³/mol. The number of hydrogen-bond acceptors (Lipinski definition) is 1. The first-order chi connectivity index (χ1) is 38.7. The van der Waals surface area contributed by atoms with Gasteiger partial charge < -0.3 is 13.5 Å². The first-order valence-electron chi connectivity index (χ1n) is 27.0. The fraction of sp³-hybridized carbons (Fsp3) is 0. The van der Waals surface area contributed by atoms with E-state index >= 15 is 0 Å². The Bertz CT molecular complexity index is 5790. The van der Waals surface area contributed by atoms with Crippen molar-refractivity contribution in [1.29, 1.82) is 0 Å². The highest BCUT2D eigenvalue weighted by Gasteiger charge is 2.28. The zero-order valence-corrected chi connectivity index (χ0v) is 41.9. The van der Waals surface area contributed by atoms with Gasteiger partial charge in [-0.05, 0) is 112 Å². The number of hydrogen-bond donors (Lipinski definition) is 0. The third-order valence-corrected chi connectivity index (χ3v) is 17.5. The molecule has 5 nitrogen and oxygen atoms in total. The first-order valence-corrected chi connectivity index (χ1v) is 27.0.